The van der Waals surface area contributed by atoms with Crippen LogP contribution in [0.4, 0.5) is 0 Å². The fourth-order valence-electron chi connectivity index (χ4n) is 0.992. The standard InChI is InChI=1S/C7H11ClN2O2S2/c1-7(2,6-9-3-4-13-6)10-14(11,12)5-8/h3-4,10H,5H2,1-2H3. The predicted molar refractivity (Wildman–Crippen MR) is 57.9 cm³/mol. The molecule has 0 aliphatic carbocycles. The Morgan fingerprint density at radius 3 is 2.71 bits per heavy atom. The van der Waals surface area contributed by atoms with Crippen LogP contribution in [0.25, 0.3) is 0 Å². The van der Waals surface area contributed by atoms with Gasteiger partial charge in [0, 0.05) is 11.6 Å². The van der Waals surface area contributed by atoms with Gasteiger partial charge in [-0.2, -0.15) is 0 Å². The lowest BCUT2D eigenvalue weighted by Gasteiger charge is -2.22. The van der Waals surface area contributed by atoms with Crippen LogP contribution in [-0.2, 0) is 15.6 Å². The third-order valence-electron chi connectivity index (χ3n) is 1.52. The van der Waals surface area contributed by atoms with Crippen LogP contribution in [0.2, 0.25) is 0 Å². The summed E-state index contributed by atoms with van der Waals surface area (Å²) in [6, 6.07) is 0. The summed E-state index contributed by atoms with van der Waals surface area (Å²) in [5.74, 6) is 0. The lowest BCUT2D eigenvalue weighted by Crippen LogP contribution is -2.41. The minimum atomic E-state index is -3.42. The van der Waals surface area contributed by atoms with Gasteiger partial charge in [-0.15, -0.1) is 22.9 Å². The van der Waals surface area contributed by atoms with E-state index in [1.807, 2.05) is 0 Å². The van der Waals surface area contributed by atoms with E-state index >= 15 is 0 Å². The molecular formula is C7H11ClN2O2S2. The van der Waals surface area contributed by atoms with E-state index in [0.29, 0.717) is 5.01 Å². The molecule has 1 aromatic heterocycles. The molecule has 0 unspecified atom stereocenters. The number of thiazole rings is 1. The summed E-state index contributed by atoms with van der Waals surface area (Å²) < 4.78 is 25.0. The number of nitrogens with one attached hydrogen (secondary N) is 1. The van der Waals surface area contributed by atoms with Gasteiger partial charge in [-0.25, -0.2) is 18.1 Å². The molecule has 1 N–H and O–H groups in total. The Morgan fingerprint density at radius 2 is 2.29 bits per heavy atom. The Balaban J connectivity index is 2.88. The second-order valence-electron chi connectivity index (χ2n) is 3.29. The van der Waals surface area contributed by atoms with Gasteiger partial charge in [0.15, 0.2) is 0 Å². The monoisotopic (exact) mass is 254 g/mol. The minimum absolute atomic E-state index is 0.443. The fraction of sp³-hybridized carbons (Fsp3) is 0.571. The molecule has 14 heavy (non-hydrogen) atoms. The van der Waals surface area contributed by atoms with E-state index in [9.17, 15) is 8.42 Å². The highest BCUT2D eigenvalue weighted by atomic mass is 35.5. The summed E-state index contributed by atoms with van der Waals surface area (Å²) in [5, 5.41) is 2.07. The molecule has 0 fully saturated rings. The number of halogens is 1. The molecule has 1 heterocycles. The number of nitrogens with zero attached hydrogens (tertiary/aromatic N) is 1. The van der Waals surface area contributed by atoms with Gasteiger partial charge in [0.05, 0.1) is 5.54 Å². The van der Waals surface area contributed by atoms with Gasteiger partial charge in [-0.05, 0) is 13.8 Å². The second kappa shape index (κ2) is 4.14. The molecular weight excluding hydrogens is 244 g/mol. The van der Waals surface area contributed by atoms with Crippen molar-refractivity contribution in [2.45, 2.75) is 19.4 Å². The third kappa shape index (κ3) is 2.91. The Labute approximate surface area is 92.4 Å². The number of alkyl halides is 1. The lowest BCUT2D eigenvalue weighted by atomic mass is 10.1. The van der Waals surface area contributed by atoms with Crippen molar-refractivity contribution in [1.82, 2.24) is 9.71 Å². The second-order valence-corrected chi connectivity index (χ2v) is 6.49. The minimum Gasteiger partial charge on any atom is -0.248 e. The van der Waals surface area contributed by atoms with Gasteiger partial charge in [0.25, 0.3) is 0 Å². The summed E-state index contributed by atoms with van der Waals surface area (Å²) >= 11 is 6.69. The molecule has 0 bridgehead atoms. The molecule has 0 aliphatic rings. The largest absolute Gasteiger partial charge is 0.248 e. The molecule has 0 spiro atoms. The van der Waals surface area contributed by atoms with E-state index in [1.54, 1.807) is 25.4 Å². The van der Waals surface area contributed by atoms with Crippen LogP contribution in [0.1, 0.15) is 18.9 Å². The average molecular weight is 255 g/mol. The molecule has 0 saturated carbocycles. The first-order valence-corrected chi connectivity index (χ1v) is 6.91. The van der Waals surface area contributed by atoms with Gasteiger partial charge in [-0.1, -0.05) is 0 Å². The Morgan fingerprint density at radius 1 is 1.64 bits per heavy atom. The Hall–Kier alpha value is -0.170. The summed E-state index contributed by atoms with van der Waals surface area (Å²) in [6.07, 6.45) is 1.64. The molecule has 1 aromatic rings. The molecule has 0 aliphatic heterocycles. The average Bonchev–Trinajstić information content (AvgIpc) is 2.54. The van der Waals surface area contributed by atoms with Crippen LogP contribution < -0.4 is 4.72 Å². The van der Waals surface area contributed by atoms with Crippen molar-refractivity contribution >= 4 is 33.0 Å². The summed E-state index contributed by atoms with van der Waals surface area (Å²) in [4.78, 5) is 4.05. The Bertz CT molecular complexity index is 386. The number of aromatic nitrogens is 1. The maximum Gasteiger partial charge on any atom is 0.226 e. The van der Waals surface area contributed by atoms with Crippen molar-refractivity contribution in [2.75, 3.05) is 5.21 Å². The van der Waals surface area contributed by atoms with Crippen molar-refractivity contribution in [3.8, 4) is 0 Å². The summed E-state index contributed by atoms with van der Waals surface area (Å²) in [5.41, 5.74) is -0.706. The first-order chi connectivity index (χ1) is 6.37. The molecule has 7 heteroatoms. The predicted octanol–water partition coefficient (Wildman–Crippen LogP) is 1.49. The third-order valence-corrected chi connectivity index (χ3v) is 4.59. The van der Waals surface area contributed by atoms with Crippen LogP contribution in [0, 0.1) is 0 Å². The molecule has 0 saturated heterocycles. The normalized spacial score (nSPS) is 13.1. The highest BCUT2D eigenvalue weighted by Gasteiger charge is 2.28. The number of sulfonamides is 1. The zero-order valence-corrected chi connectivity index (χ0v) is 10.2. The van der Waals surface area contributed by atoms with E-state index in [-0.39, 0.29) is 0 Å². The van der Waals surface area contributed by atoms with Crippen LogP contribution in [-0.4, -0.2) is 18.6 Å². The first kappa shape index (κ1) is 11.9. The van der Waals surface area contributed by atoms with E-state index in [0.717, 1.165) is 0 Å². The number of rotatable bonds is 4. The van der Waals surface area contributed by atoms with Crippen LogP contribution in [0.5, 0.6) is 0 Å². The van der Waals surface area contributed by atoms with E-state index in [4.69, 9.17) is 11.6 Å². The first-order valence-electron chi connectivity index (χ1n) is 3.85. The van der Waals surface area contributed by atoms with Crippen LogP contribution >= 0.6 is 22.9 Å². The molecule has 0 aromatic carbocycles. The lowest BCUT2D eigenvalue weighted by molar-refractivity contribution is 0.472. The van der Waals surface area contributed by atoms with Crippen molar-refractivity contribution in [2.24, 2.45) is 0 Å². The molecule has 0 atom stereocenters. The highest BCUT2D eigenvalue weighted by molar-refractivity contribution is 7.90. The maximum absolute atomic E-state index is 11.2. The fourth-order valence-corrected chi connectivity index (χ4v) is 2.87. The maximum atomic E-state index is 11.2. The van der Waals surface area contributed by atoms with Crippen LogP contribution in [0.15, 0.2) is 11.6 Å². The van der Waals surface area contributed by atoms with Gasteiger partial charge in [-0.3, -0.25) is 0 Å². The SMILES string of the molecule is CC(C)(NS(=O)(=O)CCl)c1nccs1. The van der Waals surface area contributed by atoms with Gasteiger partial charge in [0.2, 0.25) is 10.0 Å². The van der Waals surface area contributed by atoms with Gasteiger partial charge < -0.3 is 0 Å². The van der Waals surface area contributed by atoms with E-state index in [2.05, 4.69) is 9.71 Å². The summed E-state index contributed by atoms with van der Waals surface area (Å²) in [6.45, 7) is 3.49. The molecule has 0 radical (unpaired) electrons. The van der Waals surface area contributed by atoms with E-state index < -0.39 is 20.8 Å². The van der Waals surface area contributed by atoms with E-state index in [1.165, 1.54) is 11.3 Å². The quantitative estimate of drug-likeness (QED) is 0.829. The van der Waals surface area contributed by atoms with Crippen molar-refractivity contribution in [3.05, 3.63) is 16.6 Å². The molecule has 1 rings (SSSR count). The molecule has 80 valence electrons. The zero-order valence-electron chi connectivity index (χ0n) is 7.82. The van der Waals surface area contributed by atoms with Crippen molar-refractivity contribution < 1.29 is 8.42 Å². The van der Waals surface area contributed by atoms with Gasteiger partial charge >= 0.3 is 0 Å². The van der Waals surface area contributed by atoms with Crippen LogP contribution in [0.3, 0.4) is 0 Å². The van der Waals surface area contributed by atoms with Gasteiger partial charge in [0.1, 0.15) is 10.2 Å². The zero-order chi connectivity index (χ0) is 10.8. The summed E-state index contributed by atoms with van der Waals surface area (Å²) in [7, 11) is -3.42. The van der Waals surface area contributed by atoms with Crippen molar-refractivity contribution in [1.29, 1.82) is 0 Å². The highest BCUT2D eigenvalue weighted by Crippen LogP contribution is 2.22. The molecule has 4 nitrogen and oxygen atoms in total. The number of hydrogen-bond donors (Lipinski definition) is 1. The van der Waals surface area contributed by atoms with Crippen molar-refractivity contribution in [3.63, 3.8) is 0 Å². The topological polar surface area (TPSA) is 59.1 Å². The molecule has 0 amide bonds. The smallest absolute Gasteiger partial charge is 0.226 e. The Kier molecular flexibility index (Phi) is 3.52. The number of hydrogen-bond acceptors (Lipinski definition) is 4.